The van der Waals surface area contributed by atoms with Crippen molar-refractivity contribution in [2.24, 2.45) is 5.92 Å². The first-order chi connectivity index (χ1) is 12.6. The Kier molecular flexibility index (Phi) is 4.72. The Hall–Kier alpha value is -2.28. The number of carbonyl (C=O) groups is 1. The first-order valence-electron chi connectivity index (χ1n) is 9.26. The second-order valence-electron chi connectivity index (χ2n) is 7.30. The predicted molar refractivity (Wildman–Crippen MR) is 93.5 cm³/mol. The molecular formula is C19H23FN4O2. The van der Waals surface area contributed by atoms with Gasteiger partial charge in [0.2, 0.25) is 17.6 Å². The van der Waals surface area contributed by atoms with Crippen LogP contribution in [0.25, 0.3) is 11.4 Å². The molecule has 1 saturated heterocycles. The molecule has 1 aromatic carbocycles. The van der Waals surface area contributed by atoms with Crippen LogP contribution in [0.5, 0.6) is 0 Å². The van der Waals surface area contributed by atoms with Gasteiger partial charge in [0.15, 0.2) is 0 Å². The summed E-state index contributed by atoms with van der Waals surface area (Å²) >= 11 is 0. The minimum atomic E-state index is -0.401. The van der Waals surface area contributed by atoms with Crippen LogP contribution in [0.2, 0.25) is 0 Å². The highest BCUT2D eigenvalue weighted by molar-refractivity contribution is 5.82. The number of halogens is 1. The van der Waals surface area contributed by atoms with Crippen LogP contribution in [-0.4, -0.2) is 28.1 Å². The van der Waals surface area contributed by atoms with Crippen molar-refractivity contribution in [3.05, 3.63) is 36.0 Å². The fourth-order valence-corrected chi connectivity index (χ4v) is 4.05. The zero-order valence-electron chi connectivity index (χ0n) is 14.7. The molecule has 2 fully saturated rings. The molecule has 0 radical (unpaired) electrons. The van der Waals surface area contributed by atoms with E-state index >= 15 is 0 Å². The molecule has 2 N–H and O–H groups in total. The molecule has 4 atom stereocenters. The number of rotatable bonds is 4. The van der Waals surface area contributed by atoms with Gasteiger partial charge in [0.05, 0.1) is 6.04 Å². The monoisotopic (exact) mass is 358 g/mol. The maximum atomic E-state index is 13.3. The predicted octanol–water partition coefficient (Wildman–Crippen LogP) is 2.97. The Balaban J connectivity index is 1.39. The number of carbonyl (C=O) groups excluding carboxylic acids is 1. The number of nitrogens with one attached hydrogen (secondary N) is 2. The van der Waals surface area contributed by atoms with Gasteiger partial charge in [-0.25, -0.2) is 4.39 Å². The maximum Gasteiger partial charge on any atom is 0.249 e. The molecule has 4 rings (SSSR count). The summed E-state index contributed by atoms with van der Waals surface area (Å²) in [5, 5.41) is 10.3. The molecule has 1 saturated carbocycles. The molecule has 0 bridgehead atoms. The van der Waals surface area contributed by atoms with Crippen LogP contribution in [0.3, 0.4) is 0 Å². The lowest BCUT2D eigenvalue weighted by Gasteiger charge is -2.24. The maximum absolute atomic E-state index is 13.3. The highest BCUT2D eigenvalue weighted by Gasteiger charge is 2.38. The number of amides is 1. The smallest absolute Gasteiger partial charge is 0.249 e. The van der Waals surface area contributed by atoms with Crippen molar-refractivity contribution < 1.29 is 13.7 Å². The van der Waals surface area contributed by atoms with Gasteiger partial charge in [-0.1, -0.05) is 30.1 Å². The lowest BCUT2D eigenvalue weighted by atomic mass is 9.85. The van der Waals surface area contributed by atoms with E-state index in [0.717, 1.165) is 12.8 Å². The number of hydrogen-bond acceptors (Lipinski definition) is 5. The Morgan fingerprint density at radius 1 is 1.38 bits per heavy atom. The molecule has 6 nitrogen and oxygen atoms in total. The van der Waals surface area contributed by atoms with Crippen molar-refractivity contribution >= 4 is 5.91 Å². The van der Waals surface area contributed by atoms with Crippen molar-refractivity contribution in [2.45, 2.75) is 57.2 Å². The van der Waals surface area contributed by atoms with E-state index in [1.54, 1.807) is 12.1 Å². The van der Waals surface area contributed by atoms with Gasteiger partial charge in [-0.2, -0.15) is 4.98 Å². The third-order valence-corrected chi connectivity index (χ3v) is 5.43. The van der Waals surface area contributed by atoms with Crippen LogP contribution < -0.4 is 10.6 Å². The van der Waals surface area contributed by atoms with E-state index in [0.29, 0.717) is 29.2 Å². The van der Waals surface area contributed by atoms with E-state index in [2.05, 4.69) is 20.8 Å². The van der Waals surface area contributed by atoms with Gasteiger partial charge in [-0.05, 0) is 44.2 Å². The molecule has 4 unspecified atom stereocenters. The number of aromatic nitrogens is 2. The third-order valence-electron chi connectivity index (χ3n) is 5.43. The number of hydrogen-bond donors (Lipinski definition) is 2. The largest absolute Gasteiger partial charge is 0.343 e. The Labute approximate surface area is 151 Å². The summed E-state index contributed by atoms with van der Waals surface area (Å²) in [5.74, 6) is 0.845. The summed E-state index contributed by atoms with van der Waals surface area (Å²) in [7, 11) is 0. The van der Waals surface area contributed by atoms with Gasteiger partial charge >= 0.3 is 0 Å². The van der Waals surface area contributed by atoms with Crippen LogP contribution in [0.1, 0.15) is 51.0 Å². The third kappa shape index (κ3) is 3.49. The second-order valence-corrected chi connectivity index (χ2v) is 7.30. The van der Waals surface area contributed by atoms with Gasteiger partial charge in [-0.3, -0.25) is 4.79 Å². The average molecular weight is 358 g/mol. The minimum absolute atomic E-state index is 0.0302. The SMILES string of the molecule is CC(NC(=O)C1CC2CCCCC2N1)c1nc(-c2cccc(F)c2)no1. The summed E-state index contributed by atoms with van der Waals surface area (Å²) < 4.78 is 18.6. The highest BCUT2D eigenvalue weighted by atomic mass is 19.1. The molecule has 1 aliphatic carbocycles. The van der Waals surface area contributed by atoms with Crippen molar-refractivity contribution in [1.82, 2.24) is 20.8 Å². The van der Waals surface area contributed by atoms with Crippen LogP contribution in [0.4, 0.5) is 4.39 Å². The molecule has 7 heteroatoms. The Bertz CT molecular complexity index is 779. The molecular weight excluding hydrogens is 335 g/mol. The van der Waals surface area contributed by atoms with Gasteiger partial charge < -0.3 is 15.2 Å². The molecule has 1 aromatic heterocycles. The molecule has 26 heavy (non-hydrogen) atoms. The number of benzene rings is 1. The molecule has 2 aromatic rings. The number of fused-ring (bicyclic) bond motifs is 1. The van der Waals surface area contributed by atoms with Crippen LogP contribution in [-0.2, 0) is 4.79 Å². The van der Waals surface area contributed by atoms with E-state index < -0.39 is 6.04 Å². The van der Waals surface area contributed by atoms with Crippen molar-refractivity contribution in [3.63, 3.8) is 0 Å². The lowest BCUT2D eigenvalue weighted by molar-refractivity contribution is -0.123. The summed E-state index contributed by atoms with van der Waals surface area (Å²) in [6, 6.07) is 5.93. The highest BCUT2D eigenvalue weighted by Crippen LogP contribution is 2.33. The number of nitrogens with zero attached hydrogens (tertiary/aromatic N) is 2. The van der Waals surface area contributed by atoms with Crippen molar-refractivity contribution in [3.8, 4) is 11.4 Å². The molecule has 2 heterocycles. The minimum Gasteiger partial charge on any atom is -0.343 e. The van der Waals surface area contributed by atoms with Crippen LogP contribution in [0, 0.1) is 11.7 Å². The van der Waals surface area contributed by atoms with Crippen LogP contribution in [0.15, 0.2) is 28.8 Å². The molecule has 0 spiro atoms. The Morgan fingerprint density at radius 3 is 3.04 bits per heavy atom. The van der Waals surface area contributed by atoms with E-state index in [1.165, 1.54) is 31.4 Å². The summed E-state index contributed by atoms with van der Waals surface area (Å²) in [5.41, 5.74) is 0.542. The molecule has 1 amide bonds. The fourth-order valence-electron chi connectivity index (χ4n) is 4.05. The summed E-state index contributed by atoms with van der Waals surface area (Å²) in [6.45, 7) is 1.81. The summed E-state index contributed by atoms with van der Waals surface area (Å²) in [6.07, 6.45) is 5.76. The fraction of sp³-hybridized carbons (Fsp3) is 0.526. The first kappa shape index (κ1) is 17.1. The molecule has 138 valence electrons. The van der Waals surface area contributed by atoms with Crippen LogP contribution >= 0.6 is 0 Å². The second kappa shape index (κ2) is 7.15. The van der Waals surface area contributed by atoms with Crippen molar-refractivity contribution in [1.29, 1.82) is 0 Å². The van der Waals surface area contributed by atoms with E-state index in [1.807, 2.05) is 6.92 Å². The topological polar surface area (TPSA) is 80.0 Å². The van der Waals surface area contributed by atoms with Gasteiger partial charge in [0.25, 0.3) is 0 Å². The lowest BCUT2D eigenvalue weighted by Crippen LogP contribution is -2.43. The van der Waals surface area contributed by atoms with E-state index in [-0.39, 0.29) is 17.8 Å². The van der Waals surface area contributed by atoms with Gasteiger partial charge in [0, 0.05) is 11.6 Å². The zero-order chi connectivity index (χ0) is 18.1. The van der Waals surface area contributed by atoms with Gasteiger partial charge in [-0.15, -0.1) is 0 Å². The van der Waals surface area contributed by atoms with Crippen molar-refractivity contribution in [2.75, 3.05) is 0 Å². The zero-order valence-corrected chi connectivity index (χ0v) is 14.7. The first-order valence-corrected chi connectivity index (χ1v) is 9.26. The summed E-state index contributed by atoms with van der Waals surface area (Å²) in [4.78, 5) is 16.9. The average Bonchev–Trinajstić information content (AvgIpc) is 3.29. The van der Waals surface area contributed by atoms with Gasteiger partial charge in [0.1, 0.15) is 11.9 Å². The molecule has 1 aliphatic heterocycles. The van der Waals surface area contributed by atoms with E-state index in [9.17, 15) is 9.18 Å². The quantitative estimate of drug-likeness (QED) is 0.878. The normalized spacial score (nSPS) is 26.3. The molecule has 2 aliphatic rings. The standard InChI is InChI=1S/C19H23FN4O2/c1-11(19-23-17(24-26-19)13-6-4-7-14(20)9-13)21-18(25)16-10-12-5-2-3-8-15(12)22-16/h4,6-7,9,11-12,15-16,22H,2-3,5,8,10H2,1H3,(H,21,25). The Morgan fingerprint density at radius 2 is 2.23 bits per heavy atom. The van der Waals surface area contributed by atoms with E-state index in [4.69, 9.17) is 4.52 Å².